The number of halogens is 1. The fourth-order valence-corrected chi connectivity index (χ4v) is 2.04. The molecule has 0 radical (unpaired) electrons. The summed E-state index contributed by atoms with van der Waals surface area (Å²) < 4.78 is 6.71. The van der Waals surface area contributed by atoms with E-state index in [1.807, 2.05) is 26.1 Å². The van der Waals surface area contributed by atoms with Crippen LogP contribution in [-0.2, 0) is 0 Å². The molecule has 3 heteroatoms. The van der Waals surface area contributed by atoms with Crippen LogP contribution in [0.4, 0.5) is 0 Å². The van der Waals surface area contributed by atoms with Crippen LogP contribution in [0.25, 0.3) is 0 Å². The predicted octanol–water partition coefficient (Wildman–Crippen LogP) is 3.52. The SMILES string of the molecule is CCOc1ccc(Br)cc1C(CC)NC. The van der Waals surface area contributed by atoms with E-state index in [0.717, 1.165) is 16.6 Å². The first kappa shape index (κ1) is 12.5. The van der Waals surface area contributed by atoms with Crippen LogP contribution in [0.1, 0.15) is 31.9 Å². The predicted molar refractivity (Wildman–Crippen MR) is 67.4 cm³/mol. The Labute approximate surface area is 100 Å². The second-order valence-corrected chi connectivity index (χ2v) is 4.28. The van der Waals surface area contributed by atoms with Crippen molar-refractivity contribution in [3.05, 3.63) is 28.2 Å². The highest BCUT2D eigenvalue weighted by atomic mass is 79.9. The number of nitrogens with one attached hydrogen (secondary N) is 1. The highest BCUT2D eigenvalue weighted by Crippen LogP contribution is 2.30. The molecule has 0 aromatic heterocycles. The molecular formula is C12H18BrNO. The van der Waals surface area contributed by atoms with Gasteiger partial charge in [-0.05, 0) is 38.6 Å². The molecule has 1 N–H and O–H groups in total. The Morgan fingerprint density at radius 2 is 2.13 bits per heavy atom. The van der Waals surface area contributed by atoms with Crippen LogP contribution in [-0.4, -0.2) is 13.7 Å². The Morgan fingerprint density at radius 1 is 1.40 bits per heavy atom. The van der Waals surface area contributed by atoms with Gasteiger partial charge in [-0.25, -0.2) is 0 Å². The van der Waals surface area contributed by atoms with Gasteiger partial charge in [0.15, 0.2) is 0 Å². The Kier molecular flexibility index (Phi) is 5.12. The zero-order valence-electron chi connectivity index (χ0n) is 9.51. The molecule has 0 saturated carbocycles. The second kappa shape index (κ2) is 6.13. The lowest BCUT2D eigenvalue weighted by Gasteiger charge is -2.18. The summed E-state index contributed by atoms with van der Waals surface area (Å²) in [5.74, 6) is 0.974. The quantitative estimate of drug-likeness (QED) is 0.885. The van der Waals surface area contributed by atoms with Gasteiger partial charge in [0.25, 0.3) is 0 Å². The average Bonchev–Trinajstić information content (AvgIpc) is 2.24. The van der Waals surface area contributed by atoms with Gasteiger partial charge in [-0.1, -0.05) is 22.9 Å². The summed E-state index contributed by atoms with van der Waals surface area (Å²) >= 11 is 3.49. The molecule has 15 heavy (non-hydrogen) atoms. The van der Waals surface area contributed by atoms with Crippen molar-refractivity contribution in [3.63, 3.8) is 0 Å². The van der Waals surface area contributed by atoms with Crippen LogP contribution < -0.4 is 10.1 Å². The molecule has 84 valence electrons. The largest absolute Gasteiger partial charge is 0.494 e. The summed E-state index contributed by atoms with van der Waals surface area (Å²) in [6, 6.07) is 6.50. The van der Waals surface area contributed by atoms with Gasteiger partial charge in [-0.3, -0.25) is 0 Å². The van der Waals surface area contributed by atoms with Crippen molar-refractivity contribution in [1.82, 2.24) is 5.32 Å². The zero-order valence-corrected chi connectivity index (χ0v) is 11.1. The minimum Gasteiger partial charge on any atom is -0.494 e. The van der Waals surface area contributed by atoms with Gasteiger partial charge < -0.3 is 10.1 Å². The van der Waals surface area contributed by atoms with Crippen LogP contribution in [0.3, 0.4) is 0 Å². The van der Waals surface area contributed by atoms with Crippen molar-refractivity contribution < 1.29 is 4.74 Å². The molecule has 0 fully saturated rings. The minimum absolute atomic E-state index is 0.351. The summed E-state index contributed by atoms with van der Waals surface area (Å²) in [7, 11) is 1.98. The molecule has 1 aromatic carbocycles. The first-order valence-corrected chi connectivity index (χ1v) is 6.11. The van der Waals surface area contributed by atoms with Gasteiger partial charge in [0, 0.05) is 16.1 Å². The van der Waals surface area contributed by atoms with Gasteiger partial charge in [0.2, 0.25) is 0 Å². The highest BCUT2D eigenvalue weighted by molar-refractivity contribution is 9.10. The third-order valence-electron chi connectivity index (χ3n) is 2.40. The van der Waals surface area contributed by atoms with Crippen molar-refractivity contribution in [2.24, 2.45) is 0 Å². The van der Waals surface area contributed by atoms with E-state index >= 15 is 0 Å². The third-order valence-corrected chi connectivity index (χ3v) is 2.90. The van der Waals surface area contributed by atoms with E-state index in [1.165, 1.54) is 5.56 Å². The lowest BCUT2D eigenvalue weighted by molar-refractivity contribution is 0.331. The normalized spacial score (nSPS) is 12.5. The van der Waals surface area contributed by atoms with Crippen molar-refractivity contribution in [1.29, 1.82) is 0 Å². The summed E-state index contributed by atoms with van der Waals surface area (Å²) in [5.41, 5.74) is 1.22. The molecule has 0 amide bonds. The summed E-state index contributed by atoms with van der Waals surface area (Å²) in [5, 5.41) is 3.29. The van der Waals surface area contributed by atoms with Crippen LogP contribution >= 0.6 is 15.9 Å². The summed E-state index contributed by atoms with van der Waals surface area (Å²) in [6.45, 7) is 4.87. The van der Waals surface area contributed by atoms with Crippen LogP contribution in [0.2, 0.25) is 0 Å². The molecule has 0 aliphatic carbocycles. The Bertz CT molecular complexity index is 310. The molecule has 0 heterocycles. The highest BCUT2D eigenvalue weighted by Gasteiger charge is 2.12. The van der Waals surface area contributed by atoms with E-state index in [0.29, 0.717) is 12.6 Å². The molecule has 0 aliphatic heterocycles. The standard InChI is InChI=1S/C12H18BrNO/c1-4-11(14-3)10-8-9(13)6-7-12(10)15-5-2/h6-8,11,14H,4-5H2,1-3H3. The topological polar surface area (TPSA) is 21.3 Å². The third kappa shape index (κ3) is 3.21. The van der Waals surface area contributed by atoms with Crippen molar-refractivity contribution in [2.45, 2.75) is 26.3 Å². The van der Waals surface area contributed by atoms with E-state index < -0.39 is 0 Å². The van der Waals surface area contributed by atoms with E-state index in [2.05, 4.69) is 34.2 Å². The molecule has 2 nitrogen and oxygen atoms in total. The fraction of sp³-hybridized carbons (Fsp3) is 0.500. The lowest BCUT2D eigenvalue weighted by atomic mass is 10.0. The Morgan fingerprint density at radius 3 is 2.67 bits per heavy atom. The first-order valence-electron chi connectivity index (χ1n) is 5.32. The molecule has 1 rings (SSSR count). The summed E-state index contributed by atoms with van der Waals surface area (Å²) in [6.07, 6.45) is 1.05. The Balaban J connectivity index is 3.04. The molecule has 0 bridgehead atoms. The fourth-order valence-electron chi connectivity index (χ4n) is 1.66. The smallest absolute Gasteiger partial charge is 0.124 e. The van der Waals surface area contributed by atoms with Crippen LogP contribution in [0.5, 0.6) is 5.75 Å². The molecule has 1 aromatic rings. The maximum atomic E-state index is 5.62. The molecule has 0 aliphatic rings. The Hall–Kier alpha value is -0.540. The van der Waals surface area contributed by atoms with Crippen molar-refractivity contribution >= 4 is 15.9 Å². The molecule has 0 saturated heterocycles. The van der Waals surface area contributed by atoms with E-state index in [-0.39, 0.29) is 0 Å². The first-order chi connectivity index (χ1) is 7.22. The van der Waals surface area contributed by atoms with Crippen LogP contribution in [0.15, 0.2) is 22.7 Å². The molecule has 1 atom stereocenters. The molecular weight excluding hydrogens is 254 g/mol. The van der Waals surface area contributed by atoms with Gasteiger partial charge in [0.05, 0.1) is 6.61 Å². The number of rotatable bonds is 5. The number of hydrogen-bond donors (Lipinski definition) is 1. The van der Waals surface area contributed by atoms with Gasteiger partial charge in [0.1, 0.15) is 5.75 Å². The zero-order chi connectivity index (χ0) is 11.3. The van der Waals surface area contributed by atoms with E-state index in [9.17, 15) is 0 Å². The summed E-state index contributed by atoms with van der Waals surface area (Å²) in [4.78, 5) is 0. The van der Waals surface area contributed by atoms with E-state index in [1.54, 1.807) is 0 Å². The maximum Gasteiger partial charge on any atom is 0.124 e. The van der Waals surface area contributed by atoms with Gasteiger partial charge in [-0.15, -0.1) is 0 Å². The van der Waals surface area contributed by atoms with E-state index in [4.69, 9.17) is 4.74 Å². The van der Waals surface area contributed by atoms with Gasteiger partial charge in [-0.2, -0.15) is 0 Å². The average molecular weight is 272 g/mol. The second-order valence-electron chi connectivity index (χ2n) is 3.36. The molecule has 0 spiro atoms. The number of ether oxygens (including phenoxy) is 1. The number of benzene rings is 1. The maximum absolute atomic E-state index is 5.62. The van der Waals surface area contributed by atoms with Gasteiger partial charge >= 0.3 is 0 Å². The lowest BCUT2D eigenvalue weighted by Crippen LogP contribution is -2.16. The number of hydrogen-bond acceptors (Lipinski definition) is 2. The van der Waals surface area contributed by atoms with Crippen LogP contribution in [0, 0.1) is 0 Å². The monoisotopic (exact) mass is 271 g/mol. The van der Waals surface area contributed by atoms with Crippen molar-refractivity contribution in [3.8, 4) is 5.75 Å². The minimum atomic E-state index is 0.351. The van der Waals surface area contributed by atoms with Crippen molar-refractivity contribution in [2.75, 3.05) is 13.7 Å². The molecule has 1 unspecified atom stereocenters.